The van der Waals surface area contributed by atoms with Gasteiger partial charge in [0.05, 0.1) is 15.9 Å². The lowest BCUT2D eigenvalue weighted by atomic mass is 10.0. The average Bonchev–Trinajstić information content (AvgIpc) is 3.25. The molecule has 188 valence electrons. The van der Waals surface area contributed by atoms with Gasteiger partial charge in [0.25, 0.3) is 0 Å². The van der Waals surface area contributed by atoms with Gasteiger partial charge in [0.1, 0.15) is 5.60 Å². The van der Waals surface area contributed by atoms with Gasteiger partial charge in [-0.15, -0.1) is 0 Å². The lowest BCUT2D eigenvalue weighted by molar-refractivity contribution is 0.0687. The maximum Gasteiger partial charge on any atom is 0.321 e. The molecule has 0 atom stereocenters. The Labute approximate surface area is 213 Å². The van der Waals surface area contributed by atoms with Crippen LogP contribution in [0.1, 0.15) is 45.0 Å². The Bertz CT molecular complexity index is 1350. The molecule has 0 aliphatic heterocycles. The zero-order chi connectivity index (χ0) is 25.7. The van der Waals surface area contributed by atoms with Crippen molar-refractivity contribution in [1.82, 2.24) is 25.3 Å². The maximum absolute atomic E-state index is 12.1. The van der Waals surface area contributed by atoms with Gasteiger partial charge in [-0.25, -0.2) is 19.7 Å². The van der Waals surface area contributed by atoms with Crippen LogP contribution < -0.4 is 10.6 Å². The van der Waals surface area contributed by atoms with E-state index in [1.54, 1.807) is 32.4 Å². The molecular formula is C26H30N6O3S. The summed E-state index contributed by atoms with van der Waals surface area (Å²) in [5.41, 5.74) is 4.03. The normalized spacial score (nSPS) is 11.6. The van der Waals surface area contributed by atoms with Crippen LogP contribution in [0.15, 0.2) is 42.9 Å². The van der Waals surface area contributed by atoms with Crippen LogP contribution in [-0.2, 0) is 12.0 Å². The number of carbonyl (C=O) groups is 1. The number of aliphatic hydroxyl groups excluding tert-OH is 1. The molecule has 0 bridgehead atoms. The van der Waals surface area contributed by atoms with Crippen LogP contribution in [-0.4, -0.2) is 49.3 Å². The van der Waals surface area contributed by atoms with Crippen molar-refractivity contribution in [3.05, 3.63) is 54.2 Å². The third kappa shape index (κ3) is 6.01. The van der Waals surface area contributed by atoms with E-state index < -0.39 is 5.60 Å². The number of pyridine rings is 1. The zero-order valence-electron chi connectivity index (χ0n) is 20.6. The second-order valence-corrected chi connectivity index (χ2v) is 9.96. The summed E-state index contributed by atoms with van der Waals surface area (Å²) < 4.78 is 0.902. The number of hydrogen-bond donors (Lipinski definition) is 4. The van der Waals surface area contributed by atoms with E-state index in [1.165, 1.54) is 11.3 Å². The average molecular weight is 507 g/mol. The number of thiazole rings is 1. The van der Waals surface area contributed by atoms with Crippen LogP contribution in [0.5, 0.6) is 0 Å². The van der Waals surface area contributed by atoms with Gasteiger partial charge in [0.2, 0.25) is 0 Å². The fraction of sp³-hybridized carbons (Fsp3) is 0.346. The van der Waals surface area contributed by atoms with Crippen molar-refractivity contribution < 1.29 is 15.0 Å². The Morgan fingerprint density at radius 3 is 2.56 bits per heavy atom. The van der Waals surface area contributed by atoms with Crippen molar-refractivity contribution >= 4 is 32.7 Å². The molecular weight excluding hydrogens is 476 g/mol. The van der Waals surface area contributed by atoms with Crippen LogP contribution in [0.3, 0.4) is 0 Å². The lowest BCUT2D eigenvalue weighted by Crippen LogP contribution is -2.28. The summed E-state index contributed by atoms with van der Waals surface area (Å²) in [7, 11) is 0. The largest absolute Gasteiger partial charge is 0.396 e. The quantitative estimate of drug-likeness (QED) is 0.246. The summed E-state index contributed by atoms with van der Waals surface area (Å²) in [6.07, 6.45) is 7.65. The molecule has 0 saturated heterocycles. The van der Waals surface area contributed by atoms with Crippen LogP contribution in [0, 0.1) is 0 Å². The number of rotatable bonds is 9. The van der Waals surface area contributed by atoms with E-state index in [2.05, 4.69) is 36.6 Å². The number of unbranched alkanes of at least 4 members (excludes halogenated alkanes) is 1. The van der Waals surface area contributed by atoms with E-state index in [9.17, 15) is 9.90 Å². The zero-order valence-corrected chi connectivity index (χ0v) is 21.4. The minimum absolute atomic E-state index is 0.178. The molecule has 0 fully saturated rings. The van der Waals surface area contributed by atoms with Crippen LogP contribution >= 0.6 is 11.3 Å². The number of anilines is 1. The molecule has 3 heterocycles. The van der Waals surface area contributed by atoms with Crippen molar-refractivity contribution in [2.24, 2.45) is 0 Å². The minimum atomic E-state index is -1.14. The molecule has 0 aliphatic carbocycles. The number of aromatic nitrogens is 4. The molecule has 9 nitrogen and oxygen atoms in total. The summed E-state index contributed by atoms with van der Waals surface area (Å²) in [5, 5.41) is 25.3. The number of carbonyl (C=O) groups excluding carboxylic acids is 1. The molecule has 0 spiro atoms. The summed E-state index contributed by atoms with van der Waals surface area (Å²) in [5.74, 6) is 0.340. The van der Waals surface area contributed by atoms with E-state index in [-0.39, 0.29) is 12.6 Å². The van der Waals surface area contributed by atoms with Gasteiger partial charge < -0.3 is 15.5 Å². The molecule has 0 saturated carbocycles. The van der Waals surface area contributed by atoms with Crippen molar-refractivity contribution in [2.75, 3.05) is 18.5 Å². The number of nitrogens with zero attached hydrogens (tertiary/aromatic N) is 4. The second kappa shape index (κ2) is 11.1. The summed E-state index contributed by atoms with van der Waals surface area (Å²) >= 11 is 1.39. The third-order valence-corrected chi connectivity index (χ3v) is 6.57. The monoisotopic (exact) mass is 506 g/mol. The van der Waals surface area contributed by atoms with Gasteiger partial charge in [0, 0.05) is 42.9 Å². The molecule has 0 radical (unpaired) electrons. The highest BCUT2D eigenvalue weighted by Gasteiger charge is 2.20. The van der Waals surface area contributed by atoms with E-state index in [4.69, 9.17) is 5.11 Å². The Balaban J connectivity index is 1.80. The van der Waals surface area contributed by atoms with Gasteiger partial charge in [-0.1, -0.05) is 11.3 Å². The number of hydrogen-bond acceptors (Lipinski definition) is 8. The van der Waals surface area contributed by atoms with Gasteiger partial charge >= 0.3 is 6.03 Å². The molecule has 2 amide bonds. The number of nitrogens with one attached hydrogen (secondary N) is 2. The highest BCUT2D eigenvalue weighted by Crippen LogP contribution is 2.38. The Kier molecular flexibility index (Phi) is 7.88. The lowest BCUT2D eigenvalue weighted by Gasteiger charge is -2.15. The molecule has 1 aromatic carbocycles. The fourth-order valence-electron chi connectivity index (χ4n) is 3.76. The topological polar surface area (TPSA) is 133 Å². The first kappa shape index (κ1) is 25.6. The fourth-order valence-corrected chi connectivity index (χ4v) is 4.72. The van der Waals surface area contributed by atoms with Crippen molar-refractivity contribution in [1.29, 1.82) is 0 Å². The molecule has 3 aromatic heterocycles. The number of aliphatic hydroxyl groups is 2. The van der Waals surface area contributed by atoms with Gasteiger partial charge in [-0.3, -0.25) is 10.3 Å². The van der Waals surface area contributed by atoms with E-state index in [0.29, 0.717) is 17.5 Å². The molecule has 36 heavy (non-hydrogen) atoms. The minimum Gasteiger partial charge on any atom is -0.396 e. The maximum atomic E-state index is 12.1. The van der Waals surface area contributed by atoms with Gasteiger partial charge in [-0.2, -0.15) is 0 Å². The second-order valence-electron chi connectivity index (χ2n) is 8.96. The smallest absolute Gasteiger partial charge is 0.321 e. The molecule has 0 unspecified atom stereocenters. The SMILES string of the molecule is CCNC(=O)Nc1nc2cc(-c3cnc(C(C)(C)O)nc3)cc(-c3cc(CCCCO)ccn3)c2s1. The summed E-state index contributed by atoms with van der Waals surface area (Å²) in [4.78, 5) is 30.1. The number of urea groups is 1. The summed E-state index contributed by atoms with van der Waals surface area (Å²) in [6, 6.07) is 7.70. The number of amides is 2. The van der Waals surface area contributed by atoms with Crippen molar-refractivity contribution in [3.63, 3.8) is 0 Å². The standard InChI is InChI=1S/C26H30N6O3S/c1-4-27-24(34)32-25-31-21-13-17(18-14-29-23(30-15-18)26(2,3)35)12-19(22(21)36-25)20-11-16(8-9-28-20)7-5-6-10-33/h8-9,11-15,33,35H,4-7,10H2,1-3H3,(H2,27,31,32,34). The first-order valence-corrected chi connectivity index (χ1v) is 12.7. The number of fused-ring (bicyclic) bond motifs is 1. The van der Waals surface area contributed by atoms with Gasteiger partial charge in [-0.05, 0) is 75.4 Å². The molecule has 0 aliphatic rings. The Morgan fingerprint density at radius 1 is 1.08 bits per heavy atom. The number of benzene rings is 1. The van der Waals surface area contributed by atoms with Crippen LogP contribution in [0.2, 0.25) is 0 Å². The van der Waals surface area contributed by atoms with E-state index in [0.717, 1.165) is 57.4 Å². The van der Waals surface area contributed by atoms with Crippen LogP contribution in [0.4, 0.5) is 9.93 Å². The van der Waals surface area contributed by atoms with Crippen LogP contribution in [0.25, 0.3) is 32.6 Å². The highest BCUT2D eigenvalue weighted by atomic mass is 32.1. The molecule has 4 aromatic rings. The van der Waals surface area contributed by atoms with E-state index >= 15 is 0 Å². The summed E-state index contributed by atoms with van der Waals surface area (Å²) in [6.45, 7) is 5.83. The number of aryl methyl sites for hydroxylation is 1. The first-order valence-electron chi connectivity index (χ1n) is 11.9. The Hall–Kier alpha value is -3.47. The molecule has 4 rings (SSSR count). The van der Waals surface area contributed by atoms with Crippen molar-refractivity contribution in [2.45, 2.75) is 45.6 Å². The Morgan fingerprint density at radius 2 is 1.86 bits per heavy atom. The van der Waals surface area contributed by atoms with Crippen molar-refractivity contribution in [3.8, 4) is 22.4 Å². The third-order valence-electron chi connectivity index (χ3n) is 5.55. The molecule has 10 heteroatoms. The van der Waals surface area contributed by atoms with Gasteiger partial charge in [0.15, 0.2) is 11.0 Å². The first-order chi connectivity index (χ1) is 17.3. The predicted molar refractivity (Wildman–Crippen MR) is 142 cm³/mol. The van der Waals surface area contributed by atoms with E-state index in [1.807, 2.05) is 25.1 Å². The molecule has 4 N–H and O–H groups in total. The highest BCUT2D eigenvalue weighted by molar-refractivity contribution is 7.22. The predicted octanol–water partition coefficient (Wildman–Crippen LogP) is 4.50.